The molecule has 0 spiro atoms. The van der Waals surface area contributed by atoms with Gasteiger partial charge in [0.05, 0.1) is 12.5 Å². The predicted octanol–water partition coefficient (Wildman–Crippen LogP) is 0.770. The second kappa shape index (κ2) is 3.01. The van der Waals surface area contributed by atoms with Gasteiger partial charge in [-0.05, 0) is 6.42 Å². The van der Waals surface area contributed by atoms with Crippen molar-refractivity contribution < 1.29 is 0 Å². The maximum absolute atomic E-state index is 5.49. The standard InChI is InChI=1S/C8H11N5/c1-2-3-13-5-10-4-6-7(13)12-8(9)11-6/h4-5H,2-3H2,1H3,(H2,9,11). The van der Waals surface area contributed by atoms with Crippen molar-refractivity contribution in [2.24, 2.45) is 0 Å². The number of hydrogen-bond donors (Lipinski definition) is 1. The molecule has 5 nitrogen and oxygen atoms in total. The highest BCUT2D eigenvalue weighted by atomic mass is 15.2. The quantitative estimate of drug-likeness (QED) is 0.735. The molecule has 0 unspecified atom stereocenters. The van der Waals surface area contributed by atoms with Gasteiger partial charge in [-0.3, -0.25) is 0 Å². The lowest BCUT2D eigenvalue weighted by Crippen LogP contribution is -2.04. The Hall–Kier alpha value is -1.65. The van der Waals surface area contributed by atoms with E-state index >= 15 is 0 Å². The third kappa shape index (κ3) is 1.32. The molecule has 2 N–H and O–H groups in total. The van der Waals surface area contributed by atoms with Crippen molar-refractivity contribution in [2.75, 3.05) is 5.73 Å². The Kier molecular flexibility index (Phi) is 1.84. The lowest BCUT2D eigenvalue weighted by atomic mass is 10.4. The SMILES string of the molecule is CCCn1cncc2nc(N)nc1-2. The predicted molar refractivity (Wildman–Crippen MR) is 49.1 cm³/mol. The monoisotopic (exact) mass is 177 g/mol. The van der Waals surface area contributed by atoms with Crippen molar-refractivity contribution in [3.63, 3.8) is 0 Å². The van der Waals surface area contributed by atoms with E-state index in [0.29, 0.717) is 5.95 Å². The minimum atomic E-state index is 0.313. The third-order valence-corrected chi connectivity index (χ3v) is 1.82. The molecule has 0 saturated carbocycles. The number of aromatic nitrogens is 4. The molecule has 0 aromatic carbocycles. The van der Waals surface area contributed by atoms with Crippen LogP contribution < -0.4 is 5.73 Å². The number of nitrogens with two attached hydrogens (primary N) is 1. The van der Waals surface area contributed by atoms with Crippen molar-refractivity contribution in [1.82, 2.24) is 19.5 Å². The number of hydrogen-bond acceptors (Lipinski definition) is 4. The molecule has 68 valence electrons. The van der Waals surface area contributed by atoms with Gasteiger partial charge in [-0.15, -0.1) is 0 Å². The molecule has 0 fully saturated rings. The zero-order chi connectivity index (χ0) is 9.26. The molecule has 2 aliphatic heterocycles. The highest BCUT2D eigenvalue weighted by Gasteiger charge is 2.11. The van der Waals surface area contributed by atoms with Crippen LogP contribution in [0.4, 0.5) is 5.95 Å². The molecule has 5 heteroatoms. The summed E-state index contributed by atoms with van der Waals surface area (Å²) in [6.45, 7) is 2.99. The van der Waals surface area contributed by atoms with Crippen LogP contribution in [0.15, 0.2) is 12.5 Å². The Morgan fingerprint density at radius 2 is 2.31 bits per heavy atom. The average molecular weight is 177 g/mol. The van der Waals surface area contributed by atoms with Crippen molar-refractivity contribution in [3.8, 4) is 11.5 Å². The molecular formula is C8H11N5. The first-order chi connectivity index (χ1) is 6.31. The maximum Gasteiger partial charge on any atom is 0.222 e. The number of anilines is 1. The molecule has 0 aliphatic carbocycles. The van der Waals surface area contributed by atoms with Crippen LogP contribution in [0.1, 0.15) is 13.3 Å². The van der Waals surface area contributed by atoms with Crippen molar-refractivity contribution >= 4 is 5.95 Å². The number of rotatable bonds is 2. The fourth-order valence-corrected chi connectivity index (χ4v) is 1.31. The lowest BCUT2D eigenvalue weighted by Gasteiger charge is -2.06. The Balaban J connectivity index is 2.52. The lowest BCUT2D eigenvalue weighted by molar-refractivity contribution is 0.659. The average Bonchev–Trinajstić information content (AvgIpc) is 2.47. The van der Waals surface area contributed by atoms with Crippen LogP contribution in [-0.2, 0) is 6.54 Å². The van der Waals surface area contributed by atoms with Gasteiger partial charge in [0, 0.05) is 6.54 Å². The van der Waals surface area contributed by atoms with E-state index in [9.17, 15) is 0 Å². The van der Waals surface area contributed by atoms with Crippen molar-refractivity contribution in [1.29, 1.82) is 0 Å². The summed E-state index contributed by atoms with van der Waals surface area (Å²) in [4.78, 5) is 12.2. The molecule has 0 saturated heterocycles. The second-order valence-electron chi connectivity index (χ2n) is 2.88. The van der Waals surface area contributed by atoms with Crippen LogP contribution in [0.25, 0.3) is 11.5 Å². The van der Waals surface area contributed by atoms with Gasteiger partial charge in [0.15, 0.2) is 5.82 Å². The van der Waals surface area contributed by atoms with Gasteiger partial charge in [0.25, 0.3) is 0 Å². The van der Waals surface area contributed by atoms with Crippen molar-refractivity contribution in [3.05, 3.63) is 12.5 Å². The minimum absolute atomic E-state index is 0.313. The Labute approximate surface area is 76.0 Å². The number of fused-ring (bicyclic) bond motifs is 1. The van der Waals surface area contributed by atoms with Gasteiger partial charge in [0.1, 0.15) is 5.69 Å². The van der Waals surface area contributed by atoms with Crippen LogP contribution in [0.5, 0.6) is 0 Å². The van der Waals surface area contributed by atoms with E-state index in [0.717, 1.165) is 24.5 Å². The minimum Gasteiger partial charge on any atom is -0.368 e. The van der Waals surface area contributed by atoms with Gasteiger partial charge in [-0.25, -0.2) is 9.97 Å². The molecule has 0 bridgehead atoms. The van der Waals surface area contributed by atoms with Gasteiger partial charge in [-0.1, -0.05) is 6.92 Å². The molecule has 2 aliphatic rings. The summed E-state index contributed by atoms with van der Waals surface area (Å²) in [7, 11) is 0. The summed E-state index contributed by atoms with van der Waals surface area (Å²) in [5.74, 6) is 1.13. The second-order valence-corrected chi connectivity index (χ2v) is 2.88. The topological polar surface area (TPSA) is 69.6 Å². The van der Waals surface area contributed by atoms with Gasteiger partial charge in [0.2, 0.25) is 5.95 Å². The fraction of sp³-hybridized carbons (Fsp3) is 0.375. The first-order valence-corrected chi connectivity index (χ1v) is 4.24. The molecule has 2 rings (SSSR count). The summed E-state index contributed by atoms with van der Waals surface area (Å²) >= 11 is 0. The molecule has 0 aromatic rings. The van der Waals surface area contributed by atoms with Gasteiger partial charge in [-0.2, -0.15) is 4.98 Å². The number of imidazole rings is 1. The van der Waals surface area contributed by atoms with E-state index in [4.69, 9.17) is 5.73 Å². The smallest absolute Gasteiger partial charge is 0.222 e. The Bertz CT molecular complexity index is 380. The van der Waals surface area contributed by atoms with Gasteiger partial charge >= 0.3 is 0 Å². The van der Waals surface area contributed by atoms with E-state index in [1.807, 2.05) is 4.57 Å². The van der Waals surface area contributed by atoms with E-state index in [1.54, 1.807) is 12.5 Å². The highest BCUT2D eigenvalue weighted by molar-refractivity contribution is 5.53. The number of nitrogens with zero attached hydrogens (tertiary/aromatic N) is 4. The molecule has 0 amide bonds. The Morgan fingerprint density at radius 1 is 1.46 bits per heavy atom. The zero-order valence-corrected chi connectivity index (χ0v) is 7.44. The molecule has 0 atom stereocenters. The third-order valence-electron chi connectivity index (χ3n) is 1.82. The summed E-state index contributed by atoms with van der Waals surface area (Å²) in [5.41, 5.74) is 6.25. The maximum atomic E-state index is 5.49. The molecule has 0 radical (unpaired) electrons. The van der Waals surface area contributed by atoms with Gasteiger partial charge < -0.3 is 10.3 Å². The number of aryl methyl sites for hydroxylation is 1. The normalized spacial score (nSPS) is 10.8. The summed E-state index contributed by atoms with van der Waals surface area (Å²) in [5, 5.41) is 0. The first-order valence-electron chi connectivity index (χ1n) is 4.24. The van der Waals surface area contributed by atoms with E-state index in [1.165, 1.54) is 0 Å². The summed E-state index contributed by atoms with van der Waals surface area (Å²) in [6, 6.07) is 0. The highest BCUT2D eigenvalue weighted by Crippen LogP contribution is 2.17. The fourth-order valence-electron chi connectivity index (χ4n) is 1.31. The largest absolute Gasteiger partial charge is 0.368 e. The Morgan fingerprint density at radius 3 is 3.08 bits per heavy atom. The van der Waals surface area contributed by atoms with Crippen LogP contribution in [0, 0.1) is 0 Å². The summed E-state index contributed by atoms with van der Waals surface area (Å²) < 4.78 is 1.96. The zero-order valence-electron chi connectivity index (χ0n) is 7.44. The van der Waals surface area contributed by atoms with Crippen LogP contribution in [0.3, 0.4) is 0 Å². The molecule has 2 heterocycles. The van der Waals surface area contributed by atoms with E-state index in [-0.39, 0.29) is 0 Å². The van der Waals surface area contributed by atoms with Crippen LogP contribution in [0.2, 0.25) is 0 Å². The first kappa shape index (κ1) is 7.97. The van der Waals surface area contributed by atoms with Crippen LogP contribution in [-0.4, -0.2) is 19.5 Å². The van der Waals surface area contributed by atoms with E-state index in [2.05, 4.69) is 21.9 Å². The number of nitrogen functional groups attached to an aromatic ring is 1. The molecular weight excluding hydrogens is 166 g/mol. The van der Waals surface area contributed by atoms with Crippen LogP contribution >= 0.6 is 0 Å². The summed E-state index contributed by atoms with van der Waals surface area (Å²) in [6.07, 6.45) is 4.46. The molecule has 0 aromatic heterocycles. The van der Waals surface area contributed by atoms with Crippen molar-refractivity contribution in [2.45, 2.75) is 19.9 Å². The van der Waals surface area contributed by atoms with E-state index < -0.39 is 0 Å². The molecule has 13 heavy (non-hydrogen) atoms.